The van der Waals surface area contributed by atoms with Crippen LogP contribution in [0.15, 0.2) is 30.5 Å². The summed E-state index contributed by atoms with van der Waals surface area (Å²) in [5.41, 5.74) is 4.25. The molecule has 0 radical (unpaired) electrons. The Bertz CT molecular complexity index is 1680. The molecule has 2 fully saturated rings. The van der Waals surface area contributed by atoms with E-state index in [2.05, 4.69) is 37.6 Å². The van der Waals surface area contributed by atoms with Crippen LogP contribution in [-0.2, 0) is 18.4 Å². The van der Waals surface area contributed by atoms with Gasteiger partial charge in [0.05, 0.1) is 29.0 Å². The van der Waals surface area contributed by atoms with Crippen LogP contribution in [0.1, 0.15) is 67.5 Å². The van der Waals surface area contributed by atoms with Crippen LogP contribution in [0.5, 0.6) is 0 Å². The van der Waals surface area contributed by atoms with E-state index in [1.54, 1.807) is 6.07 Å². The number of nitrogens with one attached hydrogen (secondary N) is 3. The normalized spacial score (nSPS) is 26.5. The summed E-state index contributed by atoms with van der Waals surface area (Å²) < 4.78 is 18.5. The lowest BCUT2D eigenvalue weighted by molar-refractivity contribution is -0.123. The van der Waals surface area contributed by atoms with E-state index in [-0.39, 0.29) is 23.8 Å². The lowest BCUT2D eigenvalue weighted by atomic mass is 10.1. The second-order valence-corrected chi connectivity index (χ2v) is 12.2. The molecule has 4 aromatic rings. The van der Waals surface area contributed by atoms with Crippen molar-refractivity contribution in [3.8, 4) is 11.5 Å². The van der Waals surface area contributed by atoms with E-state index in [0.717, 1.165) is 66.9 Å². The predicted octanol–water partition coefficient (Wildman–Crippen LogP) is 3.80. The molecule has 11 heteroatoms. The van der Waals surface area contributed by atoms with Gasteiger partial charge in [-0.05, 0) is 69.3 Å². The Morgan fingerprint density at radius 1 is 1.12 bits per heavy atom. The average Bonchev–Trinajstić information content (AvgIpc) is 3.58. The highest BCUT2D eigenvalue weighted by Crippen LogP contribution is 2.43. The number of carbonyl (C=O) groups excluding carboxylic acids is 2. The minimum absolute atomic E-state index is 0.141. The SMILES string of the molecule is C[C@H]1NC(=O)[C@@H]2C[C@H]2CCCCCn2c(-c3nc4cc(C(=O)N[C@H]5CNCC[C@@H]5F)cnc4n3C)cc3ccc1nc32. The Morgan fingerprint density at radius 2 is 2.00 bits per heavy atom. The number of nitrogens with zero attached hydrogens (tertiary/aromatic N) is 5. The van der Waals surface area contributed by atoms with E-state index in [1.165, 1.54) is 6.20 Å². The molecule has 1 saturated carbocycles. The highest BCUT2D eigenvalue weighted by Gasteiger charge is 2.42. The Labute approximate surface area is 243 Å². The smallest absolute Gasteiger partial charge is 0.253 e. The van der Waals surface area contributed by atoms with Gasteiger partial charge >= 0.3 is 0 Å². The van der Waals surface area contributed by atoms with Gasteiger partial charge in [0.25, 0.3) is 5.91 Å². The fourth-order valence-electron chi connectivity index (χ4n) is 6.58. The van der Waals surface area contributed by atoms with Gasteiger partial charge in [-0.15, -0.1) is 0 Å². The van der Waals surface area contributed by atoms with Gasteiger partial charge in [0.2, 0.25) is 5.91 Å². The number of amides is 2. The molecule has 42 heavy (non-hydrogen) atoms. The summed E-state index contributed by atoms with van der Waals surface area (Å²) in [5, 5.41) is 10.1. The molecular weight excluding hydrogens is 535 g/mol. The molecule has 3 N–H and O–H groups in total. The van der Waals surface area contributed by atoms with Crippen molar-refractivity contribution in [1.29, 1.82) is 0 Å². The molecule has 2 amide bonds. The lowest BCUT2D eigenvalue weighted by Gasteiger charge is -2.27. The maximum Gasteiger partial charge on any atom is 0.253 e. The van der Waals surface area contributed by atoms with Gasteiger partial charge in [0.1, 0.15) is 17.3 Å². The number of hydrogen-bond acceptors (Lipinski definition) is 6. The van der Waals surface area contributed by atoms with Crippen molar-refractivity contribution >= 4 is 34.0 Å². The van der Waals surface area contributed by atoms with Gasteiger partial charge in [-0.2, -0.15) is 0 Å². The summed E-state index contributed by atoms with van der Waals surface area (Å²) in [6.07, 6.45) is 6.12. The monoisotopic (exact) mass is 572 g/mol. The molecule has 10 nitrogen and oxygen atoms in total. The highest BCUT2D eigenvalue weighted by molar-refractivity contribution is 5.97. The Morgan fingerprint density at radius 3 is 2.86 bits per heavy atom. The fraction of sp³-hybridized carbons (Fsp3) is 0.516. The molecular formula is C31H37FN8O2. The molecule has 0 aromatic carbocycles. The average molecular weight is 573 g/mol. The van der Waals surface area contributed by atoms with Gasteiger partial charge in [0.15, 0.2) is 11.5 Å². The number of halogens is 1. The van der Waals surface area contributed by atoms with E-state index in [0.29, 0.717) is 42.2 Å². The molecule has 7 rings (SSSR count). The third-order valence-electron chi connectivity index (χ3n) is 9.20. The van der Waals surface area contributed by atoms with Crippen molar-refractivity contribution in [3.63, 3.8) is 0 Å². The first-order valence-corrected chi connectivity index (χ1v) is 15.2. The van der Waals surface area contributed by atoms with Crippen LogP contribution in [0.4, 0.5) is 4.39 Å². The molecule has 1 aliphatic carbocycles. The minimum atomic E-state index is -1.07. The molecule has 5 atom stereocenters. The van der Waals surface area contributed by atoms with Crippen molar-refractivity contribution in [1.82, 2.24) is 40.0 Å². The zero-order valence-corrected chi connectivity index (χ0v) is 24.1. The number of imidazole rings is 1. The van der Waals surface area contributed by atoms with Crippen LogP contribution in [0, 0.1) is 11.8 Å². The molecule has 0 unspecified atom stereocenters. The number of piperidine rings is 1. The van der Waals surface area contributed by atoms with Crippen LogP contribution in [0.2, 0.25) is 0 Å². The first-order valence-electron chi connectivity index (χ1n) is 15.2. The molecule has 1 saturated heterocycles. The van der Waals surface area contributed by atoms with Crippen LogP contribution in [0.25, 0.3) is 33.7 Å². The van der Waals surface area contributed by atoms with Crippen molar-refractivity contribution in [2.75, 3.05) is 13.1 Å². The third-order valence-corrected chi connectivity index (χ3v) is 9.20. The van der Waals surface area contributed by atoms with Gasteiger partial charge in [-0.1, -0.05) is 12.8 Å². The van der Waals surface area contributed by atoms with E-state index in [9.17, 15) is 14.0 Å². The van der Waals surface area contributed by atoms with Crippen molar-refractivity contribution in [2.45, 2.75) is 70.2 Å². The summed E-state index contributed by atoms with van der Waals surface area (Å²) in [6.45, 7) is 3.81. The quantitative estimate of drug-likeness (QED) is 0.344. The first kappa shape index (κ1) is 27.0. The number of pyridine rings is 2. The van der Waals surface area contributed by atoms with Gasteiger partial charge in [-0.3, -0.25) is 9.59 Å². The maximum absolute atomic E-state index is 14.3. The molecule has 0 spiro atoms. The summed E-state index contributed by atoms with van der Waals surface area (Å²) >= 11 is 0. The first-order chi connectivity index (χ1) is 20.4. The topological polar surface area (TPSA) is 119 Å². The summed E-state index contributed by atoms with van der Waals surface area (Å²) in [6, 6.07) is 7.14. The van der Waals surface area contributed by atoms with E-state index in [1.807, 2.05) is 24.6 Å². The molecule has 2 bridgehead atoms. The summed E-state index contributed by atoms with van der Waals surface area (Å²) in [7, 11) is 1.93. The zero-order valence-electron chi connectivity index (χ0n) is 24.1. The van der Waals surface area contributed by atoms with Crippen LogP contribution in [0.3, 0.4) is 0 Å². The summed E-state index contributed by atoms with van der Waals surface area (Å²) in [5.74, 6) is 1.18. The summed E-state index contributed by atoms with van der Waals surface area (Å²) in [4.78, 5) is 40.3. The Kier molecular flexibility index (Phi) is 6.92. The lowest BCUT2D eigenvalue weighted by Crippen LogP contribution is -2.52. The number of carbonyl (C=O) groups is 2. The number of rotatable bonds is 3. The van der Waals surface area contributed by atoms with Crippen LogP contribution < -0.4 is 16.0 Å². The third kappa shape index (κ3) is 4.93. The van der Waals surface area contributed by atoms with Gasteiger partial charge < -0.3 is 25.1 Å². The van der Waals surface area contributed by atoms with Crippen LogP contribution in [-0.4, -0.2) is 61.2 Å². The van der Waals surface area contributed by atoms with Crippen molar-refractivity contribution < 1.29 is 14.0 Å². The fourth-order valence-corrected chi connectivity index (χ4v) is 6.58. The van der Waals surface area contributed by atoms with E-state index in [4.69, 9.17) is 9.97 Å². The van der Waals surface area contributed by atoms with E-state index < -0.39 is 12.2 Å². The predicted molar refractivity (Wildman–Crippen MR) is 157 cm³/mol. The van der Waals surface area contributed by atoms with Crippen molar-refractivity contribution in [3.05, 3.63) is 41.7 Å². The zero-order chi connectivity index (χ0) is 29.0. The largest absolute Gasteiger partial charge is 0.348 e. The number of alkyl halides is 1. The molecule has 4 aromatic heterocycles. The minimum Gasteiger partial charge on any atom is -0.348 e. The second kappa shape index (κ2) is 10.8. The van der Waals surface area contributed by atoms with Gasteiger partial charge in [-0.25, -0.2) is 19.3 Å². The molecule has 2 aliphatic heterocycles. The molecule has 6 heterocycles. The molecule has 3 aliphatic rings. The number of aryl methyl sites for hydroxylation is 2. The van der Waals surface area contributed by atoms with Crippen molar-refractivity contribution in [2.24, 2.45) is 18.9 Å². The second-order valence-electron chi connectivity index (χ2n) is 12.2. The molecule has 220 valence electrons. The highest BCUT2D eigenvalue weighted by atomic mass is 19.1. The number of hydrogen-bond donors (Lipinski definition) is 3. The Balaban J connectivity index is 1.23. The maximum atomic E-state index is 14.3. The number of fused-ring (bicyclic) bond motifs is 3. The van der Waals surface area contributed by atoms with Gasteiger partial charge in [0, 0.05) is 37.6 Å². The Hall–Kier alpha value is -3.86. The number of aromatic nitrogens is 5. The standard InChI is InChI=1S/C31H37FN8O2/c1-17-23-8-7-19-14-26(40(27(19)36-23)11-5-3-4-6-18-12-21(18)31(42)35-17)29-37-24-13-20(15-34-28(24)39(29)2)30(41)38-25-16-33-10-9-22(25)32/h7-8,13-15,17-18,21-22,25,33H,3-6,9-12,16H2,1-2H3,(H,35,42)(H,38,41)/t17-,18-,21-,22+,25+/m1/s1. The van der Waals surface area contributed by atoms with Crippen LogP contribution >= 0.6 is 0 Å². The van der Waals surface area contributed by atoms with E-state index >= 15 is 0 Å².